The number of nitrogens with zero attached hydrogens (tertiary/aromatic N) is 3. The first-order valence-corrected chi connectivity index (χ1v) is 7.78. The molecule has 0 fully saturated rings. The lowest BCUT2D eigenvalue weighted by atomic mass is 10.1. The molecule has 0 bridgehead atoms. The molecule has 3 heterocycles. The minimum absolute atomic E-state index is 0.0233. The Morgan fingerprint density at radius 2 is 2.24 bits per heavy atom. The molecule has 0 spiro atoms. The molecule has 1 atom stereocenters. The van der Waals surface area contributed by atoms with E-state index >= 15 is 0 Å². The molecular weight excluding hydrogens is 287 g/mol. The standard InChI is InChI=1S/C15H17FN4S/c1-10(2)18-14(13-4-3-11(16)8-17-13)7-12-9-20-5-6-21-15(20)19-12/h3-6,8-10,14,18H,7H2,1-2H3. The molecule has 3 aromatic rings. The summed E-state index contributed by atoms with van der Waals surface area (Å²) < 4.78 is 15.1. The van der Waals surface area contributed by atoms with Gasteiger partial charge in [-0.25, -0.2) is 9.37 Å². The van der Waals surface area contributed by atoms with Crippen LogP contribution in [0.15, 0.2) is 36.1 Å². The minimum atomic E-state index is -0.315. The second-order valence-corrected chi connectivity index (χ2v) is 6.18. The maximum atomic E-state index is 13.0. The van der Waals surface area contributed by atoms with Gasteiger partial charge in [-0.05, 0) is 12.1 Å². The van der Waals surface area contributed by atoms with Gasteiger partial charge in [-0.15, -0.1) is 11.3 Å². The van der Waals surface area contributed by atoms with Crippen LogP contribution in [0.5, 0.6) is 0 Å². The van der Waals surface area contributed by atoms with E-state index in [4.69, 9.17) is 0 Å². The normalized spacial score (nSPS) is 13.1. The topological polar surface area (TPSA) is 42.2 Å². The molecule has 3 rings (SSSR count). The molecule has 1 N–H and O–H groups in total. The zero-order valence-electron chi connectivity index (χ0n) is 12.0. The number of rotatable bonds is 5. The quantitative estimate of drug-likeness (QED) is 0.787. The van der Waals surface area contributed by atoms with Crippen LogP contribution in [0.2, 0.25) is 0 Å². The molecule has 3 aromatic heterocycles. The van der Waals surface area contributed by atoms with E-state index in [1.54, 1.807) is 17.4 Å². The molecule has 0 saturated carbocycles. The molecule has 0 saturated heterocycles. The fourth-order valence-electron chi connectivity index (χ4n) is 2.33. The summed E-state index contributed by atoms with van der Waals surface area (Å²) in [6.07, 6.45) is 6.02. The van der Waals surface area contributed by atoms with E-state index in [-0.39, 0.29) is 11.9 Å². The van der Waals surface area contributed by atoms with Gasteiger partial charge < -0.3 is 5.32 Å². The summed E-state index contributed by atoms with van der Waals surface area (Å²) in [5.41, 5.74) is 1.84. The lowest BCUT2D eigenvalue weighted by Gasteiger charge is -2.20. The number of hydrogen-bond donors (Lipinski definition) is 1. The summed E-state index contributed by atoms with van der Waals surface area (Å²) in [6.45, 7) is 4.17. The van der Waals surface area contributed by atoms with E-state index in [0.717, 1.165) is 22.8 Å². The van der Waals surface area contributed by atoms with E-state index in [2.05, 4.69) is 29.1 Å². The van der Waals surface area contributed by atoms with Crippen LogP contribution in [-0.2, 0) is 6.42 Å². The molecule has 0 radical (unpaired) electrons. The van der Waals surface area contributed by atoms with Gasteiger partial charge in [-0.3, -0.25) is 9.38 Å². The Hall–Kier alpha value is -1.79. The zero-order valence-corrected chi connectivity index (χ0v) is 12.8. The van der Waals surface area contributed by atoms with Crippen LogP contribution < -0.4 is 5.32 Å². The van der Waals surface area contributed by atoms with Crippen molar-refractivity contribution in [3.63, 3.8) is 0 Å². The molecule has 0 aliphatic carbocycles. The average molecular weight is 304 g/mol. The van der Waals surface area contributed by atoms with Gasteiger partial charge in [0, 0.05) is 30.2 Å². The number of fused-ring (bicyclic) bond motifs is 1. The highest BCUT2D eigenvalue weighted by molar-refractivity contribution is 7.15. The Morgan fingerprint density at radius 1 is 1.38 bits per heavy atom. The number of halogens is 1. The first-order valence-electron chi connectivity index (χ1n) is 6.90. The SMILES string of the molecule is CC(C)NC(Cc1cn2ccsc2n1)c1ccc(F)cn1. The van der Waals surface area contributed by atoms with Crippen LogP contribution in [0, 0.1) is 5.82 Å². The number of aromatic nitrogens is 3. The van der Waals surface area contributed by atoms with Crippen molar-refractivity contribution in [1.82, 2.24) is 19.7 Å². The average Bonchev–Trinajstić information content (AvgIpc) is 2.99. The van der Waals surface area contributed by atoms with E-state index in [1.165, 1.54) is 12.3 Å². The zero-order chi connectivity index (χ0) is 14.8. The number of thiazole rings is 1. The van der Waals surface area contributed by atoms with Crippen LogP contribution in [0.1, 0.15) is 31.3 Å². The maximum Gasteiger partial charge on any atom is 0.193 e. The van der Waals surface area contributed by atoms with Gasteiger partial charge >= 0.3 is 0 Å². The number of nitrogens with one attached hydrogen (secondary N) is 1. The Balaban J connectivity index is 1.84. The van der Waals surface area contributed by atoms with Crippen molar-refractivity contribution in [2.75, 3.05) is 0 Å². The molecule has 0 aromatic carbocycles. The number of imidazole rings is 1. The highest BCUT2D eigenvalue weighted by Crippen LogP contribution is 2.19. The lowest BCUT2D eigenvalue weighted by Crippen LogP contribution is -2.30. The van der Waals surface area contributed by atoms with Crippen LogP contribution in [0.4, 0.5) is 4.39 Å². The summed E-state index contributed by atoms with van der Waals surface area (Å²) >= 11 is 1.61. The van der Waals surface area contributed by atoms with Crippen molar-refractivity contribution < 1.29 is 4.39 Å². The molecular formula is C15H17FN4S. The third kappa shape index (κ3) is 3.28. The molecule has 110 valence electrons. The Bertz CT molecular complexity index is 688. The first kappa shape index (κ1) is 14.2. The predicted molar refractivity (Wildman–Crippen MR) is 82.0 cm³/mol. The Kier molecular flexibility index (Phi) is 3.98. The first-order chi connectivity index (χ1) is 10.1. The van der Waals surface area contributed by atoms with E-state index < -0.39 is 0 Å². The maximum absolute atomic E-state index is 13.0. The van der Waals surface area contributed by atoms with Crippen molar-refractivity contribution in [2.45, 2.75) is 32.4 Å². The van der Waals surface area contributed by atoms with Crippen LogP contribution >= 0.6 is 11.3 Å². The highest BCUT2D eigenvalue weighted by Gasteiger charge is 2.17. The van der Waals surface area contributed by atoms with Gasteiger partial charge in [-0.2, -0.15) is 0 Å². The minimum Gasteiger partial charge on any atom is -0.306 e. The number of hydrogen-bond acceptors (Lipinski definition) is 4. The summed E-state index contributed by atoms with van der Waals surface area (Å²) in [5.74, 6) is -0.315. The van der Waals surface area contributed by atoms with Crippen molar-refractivity contribution >= 4 is 16.3 Å². The third-order valence-corrected chi connectivity index (χ3v) is 3.97. The van der Waals surface area contributed by atoms with Crippen molar-refractivity contribution in [3.05, 3.63) is 53.3 Å². The second kappa shape index (κ2) is 5.91. The van der Waals surface area contributed by atoms with E-state index in [1.807, 2.05) is 22.2 Å². The van der Waals surface area contributed by atoms with Crippen LogP contribution in [0.3, 0.4) is 0 Å². The molecule has 0 amide bonds. The molecule has 4 nitrogen and oxygen atoms in total. The molecule has 0 aliphatic heterocycles. The molecule has 6 heteroatoms. The van der Waals surface area contributed by atoms with Gasteiger partial charge in [-0.1, -0.05) is 13.8 Å². The van der Waals surface area contributed by atoms with Crippen LogP contribution in [0.25, 0.3) is 4.96 Å². The van der Waals surface area contributed by atoms with E-state index in [0.29, 0.717) is 6.04 Å². The number of pyridine rings is 1. The second-order valence-electron chi connectivity index (χ2n) is 5.30. The predicted octanol–water partition coefficient (Wildman–Crippen LogP) is 3.21. The van der Waals surface area contributed by atoms with Crippen molar-refractivity contribution in [3.8, 4) is 0 Å². The third-order valence-electron chi connectivity index (χ3n) is 3.20. The lowest BCUT2D eigenvalue weighted by molar-refractivity contribution is 0.462. The van der Waals surface area contributed by atoms with Crippen molar-refractivity contribution in [1.29, 1.82) is 0 Å². The summed E-state index contributed by atoms with van der Waals surface area (Å²) in [5, 5.41) is 5.48. The van der Waals surface area contributed by atoms with Gasteiger partial charge in [0.05, 0.1) is 23.6 Å². The van der Waals surface area contributed by atoms with Gasteiger partial charge in [0.1, 0.15) is 5.82 Å². The highest BCUT2D eigenvalue weighted by atomic mass is 32.1. The summed E-state index contributed by atoms with van der Waals surface area (Å²) in [7, 11) is 0. The monoisotopic (exact) mass is 304 g/mol. The Morgan fingerprint density at radius 3 is 2.90 bits per heavy atom. The fraction of sp³-hybridized carbons (Fsp3) is 0.333. The summed E-state index contributed by atoms with van der Waals surface area (Å²) in [4.78, 5) is 9.79. The molecule has 21 heavy (non-hydrogen) atoms. The smallest absolute Gasteiger partial charge is 0.193 e. The van der Waals surface area contributed by atoms with Crippen LogP contribution in [-0.4, -0.2) is 20.4 Å². The van der Waals surface area contributed by atoms with Gasteiger partial charge in [0.15, 0.2) is 4.96 Å². The van der Waals surface area contributed by atoms with Gasteiger partial charge in [0.25, 0.3) is 0 Å². The van der Waals surface area contributed by atoms with Gasteiger partial charge in [0.2, 0.25) is 0 Å². The van der Waals surface area contributed by atoms with E-state index in [9.17, 15) is 4.39 Å². The molecule has 1 unspecified atom stereocenters. The fourth-order valence-corrected chi connectivity index (χ4v) is 3.05. The largest absolute Gasteiger partial charge is 0.306 e. The molecule has 0 aliphatic rings. The Labute approximate surface area is 126 Å². The van der Waals surface area contributed by atoms with Crippen molar-refractivity contribution in [2.24, 2.45) is 0 Å². The summed E-state index contributed by atoms with van der Waals surface area (Å²) in [6, 6.07) is 3.51.